The molecule has 0 unspecified atom stereocenters. The van der Waals surface area contributed by atoms with Gasteiger partial charge >= 0.3 is 5.97 Å². The van der Waals surface area contributed by atoms with E-state index in [0.717, 1.165) is 32.7 Å². The molecule has 0 N–H and O–H groups in total. The Balaban J connectivity index is 1.61. The third-order valence-electron chi connectivity index (χ3n) is 5.00. The fourth-order valence-corrected chi connectivity index (χ4v) is 3.70. The van der Waals surface area contributed by atoms with Gasteiger partial charge in [0.25, 0.3) is 0 Å². The van der Waals surface area contributed by atoms with Gasteiger partial charge in [-0.05, 0) is 25.0 Å². The summed E-state index contributed by atoms with van der Waals surface area (Å²) in [7, 11) is 0. The lowest BCUT2D eigenvalue weighted by Gasteiger charge is -2.39. The first-order valence-electron chi connectivity index (χ1n) is 9.89. The third kappa shape index (κ3) is 5.65. The third-order valence-corrected chi connectivity index (χ3v) is 5.00. The molecule has 0 aromatic heterocycles. The maximum Gasteiger partial charge on any atom is 0.307 e. The molecule has 0 aliphatic carbocycles. The summed E-state index contributed by atoms with van der Waals surface area (Å²) in [5, 5.41) is 0. The van der Waals surface area contributed by atoms with Gasteiger partial charge in [0, 0.05) is 32.7 Å². The predicted octanol–water partition coefficient (Wildman–Crippen LogP) is 3.74. The van der Waals surface area contributed by atoms with E-state index >= 15 is 0 Å². The van der Waals surface area contributed by atoms with Crippen LogP contribution in [0.25, 0.3) is 0 Å². The van der Waals surface area contributed by atoms with Crippen LogP contribution >= 0.6 is 0 Å². The molecule has 3 rings (SSSR count). The minimum atomic E-state index is -0.0983. The number of piperazine rings is 1. The highest BCUT2D eigenvalue weighted by Crippen LogP contribution is 2.29. The van der Waals surface area contributed by atoms with Crippen LogP contribution in [0.15, 0.2) is 60.7 Å². The molecule has 1 fully saturated rings. The second-order valence-corrected chi connectivity index (χ2v) is 7.39. The van der Waals surface area contributed by atoms with Gasteiger partial charge in [-0.25, -0.2) is 0 Å². The molecule has 0 bridgehead atoms. The van der Waals surface area contributed by atoms with E-state index in [4.69, 9.17) is 4.74 Å². The van der Waals surface area contributed by atoms with Gasteiger partial charge in [0.2, 0.25) is 0 Å². The quantitative estimate of drug-likeness (QED) is 0.699. The lowest BCUT2D eigenvalue weighted by atomic mass is 9.96. The van der Waals surface area contributed by atoms with E-state index in [2.05, 4.69) is 70.5 Å². The van der Waals surface area contributed by atoms with Crippen molar-refractivity contribution in [1.29, 1.82) is 0 Å². The van der Waals surface area contributed by atoms with E-state index in [-0.39, 0.29) is 18.1 Å². The molecule has 0 saturated carbocycles. The van der Waals surface area contributed by atoms with Crippen molar-refractivity contribution in [2.45, 2.75) is 32.4 Å². The van der Waals surface area contributed by atoms with Crippen molar-refractivity contribution in [2.24, 2.45) is 0 Å². The first-order valence-corrected chi connectivity index (χ1v) is 9.89. The molecule has 144 valence electrons. The molecule has 1 heterocycles. The zero-order chi connectivity index (χ0) is 19.1. The Kier molecular flexibility index (Phi) is 7.02. The Morgan fingerprint density at radius 1 is 0.889 bits per heavy atom. The molecule has 0 spiro atoms. The largest absolute Gasteiger partial charge is 0.463 e. The average Bonchev–Trinajstić information content (AvgIpc) is 2.69. The molecule has 4 nitrogen and oxygen atoms in total. The number of benzene rings is 2. The Labute approximate surface area is 162 Å². The number of esters is 1. The van der Waals surface area contributed by atoms with Crippen molar-refractivity contribution in [3.05, 3.63) is 71.8 Å². The number of nitrogens with zero attached hydrogens (tertiary/aromatic N) is 2. The summed E-state index contributed by atoms with van der Waals surface area (Å²) in [6.07, 6.45) is 0.436. The van der Waals surface area contributed by atoms with Gasteiger partial charge in [-0.3, -0.25) is 9.69 Å². The zero-order valence-corrected chi connectivity index (χ0v) is 16.4. The highest BCUT2D eigenvalue weighted by Gasteiger charge is 2.26. The number of carbonyl (C=O) groups is 1. The molecular formula is C23H30N2O2. The fourth-order valence-electron chi connectivity index (χ4n) is 3.70. The minimum Gasteiger partial charge on any atom is -0.463 e. The summed E-state index contributed by atoms with van der Waals surface area (Å²) >= 11 is 0. The van der Waals surface area contributed by atoms with Crippen molar-refractivity contribution in [3.63, 3.8) is 0 Å². The lowest BCUT2D eigenvalue weighted by Crippen LogP contribution is -2.48. The van der Waals surface area contributed by atoms with Crippen LogP contribution in [0.4, 0.5) is 0 Å². The van der Waals surface area contributed by atoms with Crippen LogP contribution in [0.2, 0.25) is 0 Å². The monoisotopic (exact) mass is 366 g/mol. The van der Waals surface area contributed by atoms with Crippen LogP contribution in [0.3, 0.4) is 0 Å². The maximum absolute atomic E-state index is 11.8. The van der Waals surface area contributed by atoms with Crippen LogP contribution in [0.1, 0.15) is 37.4 Å². The summed E-state index contributed by atoms with van der Waals surface area (Å²) in [6, 6.07) is 21.7. The van der Waals surface area contributed by atoms with Crippen molar-refractivity contribution in [1.82, 2.24) is 9.80 Å². The van der Waals surface area contributed by atoms with E-state index in [1.165, 1.54) is 11.1 Å². The Morgan fingerprint density at radius 3 is 1.89 bits per heavy atom. The van der Waals surface area contributed by atoms with Gasteiger partial charge in [0.15, 0.2) is 0 Å². The maximum atomic E-state index is 11.8. The highest BCUT2D eigenvalue weighted by molar-refractivity contribution is 5.69. The number of hydrogen-bond acceptors (Lipinski definition) is 4. The molecule has 0 radical (unpaired) electrons. The van der Waals surface area contributed by atoms with Crippen LogP contribution in [-0.2, 0) is 9.53 Å². The van der Waals surface area contributed by atoms with Crippen LogP contribution in [-0.4, -0.2) is 54.6 Å². The van der Waals surface area contributed by atoms with E-state index in [9.17, 15) is 4.79 Å². The SMILES string of the molecule is CC(C)OC(=O)CCN1CCN(C(c2ccccc2)c2ccccc2)CC1. The molecule has 4 heteroatoms. The minimum absolute atomic E-state index is 0.0353. The number of ether oxygens (including phenoxy) is 1. The molecule has 1 saturated heterocycles. The second kappa shape index (κ2) is 9.67. The highest BCUT2D eigenvalue weighted by atomic mass is 16.5. The molecule has 1 aliphatic heterocycles. The number of hydrogen-bond donors (Lipinski definition) is 0. The first kappa shape index (κ1) is 19.6. The Morgan fingerprint density at radius 2 is 1.41 bits per heavy atom. The van der Waals surface area contributed by atoms with Crippen molar-refractivity contribution in [2.75, 3.05) is 32.7 Å². The van der Waals surface area contributed by atoms with Gasteiger partial charge in [-0.15, -0.1) is 0 Å². The van der Waals surface area contributed by atoms with Crippen LogP contribution < -0.4 is 0 Å². The van der Waals surface area contributed by atoms with Crippen LogP contribution in [0, 0.1) is 0 Å². The molecule has 0 atom stereocenters. The van der Waals surface area contributed by atoms with E-state index in [0.29, 0.717) is 6.42 Å². The lowest BCUT2D eigenvalue weighted by molar-refractivity contribution is -0.147. The standard InChI is InChI=1S/C23H30N2O2/c1-19(2)27-22(26)13-14-24-15-17-25(18-16-24)23(20-9-5-3-6-10-20)21-11-7-4-8-12-21/h3-12,19,23H,13-18H2,1-2H3. The predicted molar refractivity (Wildman–Crippen MR) is 109 cm³/mol. The summed E-state index contributed by atoms with van der Waals surface area (Å²) < 4.78 is 5.24. The summed E-state index contributed by atoms with van der Waals surface area (Å²) in [6.45, 7) is 8.51. The van der Waals surface area contributed by atoms with Gasteiger partial charge in [0.05, 0.1) is 18.6 Å². The number of rotatable bonds is 7. The van der Waals surface area contributed by atoms with Gasteiger partial charge in [-0.2, -0.15) is 0 Å². The Hall–Kier alpha value is -2.17. The number of carbonyl (C=O) groups excluding carboxylic acids is 1. The first-order chi connectivity index (χ1) is 13.1. The molecule has 2 aromatic rings. The van der Waals surface area contributed by atoms with E-state index < -0.39 is 0 Å². The second-order valence-electron chi connectivity index (χ2n) is 7.39. The molecule has 0 amide bonds. The average molecular weight is 367 g/mol. The summed E-state index contributed by atoms with van der Waals surface area (Å²) in [4.78, 5) is 16.7. The summed E-state index contributed by atoms with van der Waals surface area (Å²) in [5.74, 6) is -0.0983. The van der Waals surface area contributed by atoms with Crippen LogP contribution in [0.5, 0.6) is 0 Å². The fraction of sp³-hybridized carbons (Fsp3) is 0.435. The van der Waals surface area contributed by atoms with Crippen molar-refractivity contribution < 1.29 is 9.53 Å². The Bertz CT molecular complexity index is 655. The molecule has 2 aromatic carbocycles. The van der Waals surface area contributed by atoms with Crippen molar-refractivity contribution in [3.8, 4) is 0 Å². The molecule has 1 aliphatic rings. The van der Waals surface area contributed by atoms with Gasteiger partial charge < -0.3 is 9.64 Å². The van der Waals surface area contributed by atoms with Gasteiger partial charge in [0.1, 0.15) is 0 Å². The topological polar surface area (TPSA) is 32.8 Å². The molecule has 27 heavy (non-hydrogen) atoms. The summed E-state index contributed by atoms with van der Waals surface area (Å²) in [5.41, 5.74) is 2.66. The smallest absolute Gasteiger partial charge is 0.307 e. The van der Waals surface area contributed by atoms with Gasteiger partial charge in [-0.1, -0.05) is 60.7 Å². The van der Waals surface area contributed by atoms with E-state index in [1.807, 2.05) is 13.8 Å². The zero-order valence-electron chi connectivity index (χ0n) is 16.4. The molecular weight excluding hydrogens is 336 g/mol. The van der Waals surface area contributed by atoms with E-state index in [1.54, 1.807) is 0 Å². The van der Waals surface area contributed by atoms with Crippen molar-refractivity contribution >= 4 is 5.97 Å². The normalized spacial score (nSPS) is 16.0.